The van der Waals surface area contributed by atoms with Crippen molar-refractivity contribution >= 4 is 35.2 Å². The number of pyridine rings is 1. The summed E-state index contributed by atoms with van der Waals surface area (Å²) < 4.78 is 10.7. The molecule has 168 valence electrons. The van der Waals surface area contributed by atoms with Gasteiger partial charge in [0.25, 0.3) is 11.8 Å². The molecule has 2 unspecified atom stereocenters. The van der Waals surface area contributed by atoms with Gasteiger partial charge in [-0.1, -0.05) is 11.6 Å². The van der Waals surface area contributed by atoms with Crippen molar-refractivity contribution in [3.05, 3.63) is 34.2 Å². The molecule has 0 aromatic carbocycles. The Balaban J connectivity index is 1.11. The lowest BCUT2D eigenvalue weighted by molar-refractivity contribution is -0.118. The zero-order valence-corrected chi connectivity index (χ0v) is 18.3. The van der Waals surface area contributed by atoms with Crippen LogP contribution in [0.5, 0.6) is 5.88 Å². The van der Waals surface area contributed by atoms with E-state index in [0.29, 0.717) is 24.7 Å². The summed E-state index contributed by atoms with van der Waals surface area (Å²) in [4.78, 5) is 38.0. The van der Waals surface area contributed by atoms with Gasteiger partial charge in [0.2, 0.25) is 0 Å². The largest absolute Gasteiger partial charge is 0.465 e. The van der Waals surface area contributed by atoms with E-state index in [1.165, 1.54) is 22.2 Å². The fourth-order valence-electron chi connectivity index (χ4n) is 4.37. The van der Waals surface area contributed by atoms with E-state index in [4.69, 9.17) is 21.1 Å². The Morgan fingerprint density at radius 3 is 2.94 bits per heavy atom. The topological polar surface area (TPSA) is 119 Å². The molecule has 2 aromatic rings. The first kappa shape index (κ1) is 20.9. The number of hydrogen-bond donors (Lipinski definition) is 2. The summed E-state index contributed by atoms with van der Waals surface area (Å²) >= 11 is 6.31. The second kappa shape index (κ2) is 8.51. The van der Waals surface area contributed by atoms with E-state index in [0.717, 1.165) is 36.6 Å². The highest BCUT2D eigenvalue weighted by Crippen LogP contribution is 2.33. The van der Waals surface area contributed by atoms with Crippen LogP contribution < -0.4 is 20.3 Å². The highest BCUT2D eigenvalue weighted by Gasteiger charge is 2.34. The number of carbonyl (C=O) groups excluding carboxylic acids is 2. The Hall–Kier alpha value is -2.98. The number of anilines is 2. The standard InChI is InChI=1S/C21H23ClN6O4/c1-11-14-4-12(5-15(14)16(22)7-24-11)6-23-3-2-13-9-28(21(30)32-13)17-8-25-20-19(26-17)27-18(29)10-31-20/h7-8,12-13,23H,2-6,9-10H2,1H3,(H,26,27,29). The lowest BCUT2D eigenvalue weighted by Gasteiger charge is -2.18. The van der Waals surface area contributed by atoms with Gasteiger partial charge in [-0.05, 0) is 56.3 Å². The molecule has 2 aliphatic heterocycles. The second-order valence-electron chi connectivity index (χ2n) is 8.25. The minimum atomic E-state index is -0.476. The highest BCUT2D eigenvalue weighted by molar-refractivity contribution is 6.31. The summed E-state index contributed by atoms with van der Waals surface area (Å²) in [5, 5.41) is 6.82. The first-order valence-electron chi connectivity index (χ1n) is 10.6. The van der Waals surface area contributed by atoms with Crippen LogP contribution >= 0.6 is 11.6 Å². The molecule has 2 aromatic heterocycles. The summed E-state index contributed by atoms with van der Waals surface area (Å²) in [5.74, 6) is 0.939. The van der Waals surface area contributed by atoms with Gasteiger partial charge in [0.1, 0.15) is 6.10 Å². The van der Waals surface area contributed by atoms with Crippen LogP contribution in [-0.2, 0) is 22.4 Å². The second-order valence-corrected chi connectivity index (χ2v) is 8.66. The molecule has 0 bridgehead atoms. The molecule has 32 heavy (non-hydrogen) atoms. The fourth-order valence-corrected chi connectivity index (χ4v) is 4.61. The molecule has 1 fully saturated rings. The van der Waals surface area contributed by atoms with E-state index < -0.39 is 6.09 Å². The first-order chi connectivity index (χ1) is 15.5. The summed E-state index contributed by atoms with van der Waals surface area (Å²) in [5.41, 5.74) is 3.55. The number of rotatable bonds is 6. The molecule has 0 saturated carbocycles. The van der Waals surface area contributed by atoms with Gasteiger partial charge in [-0.25, -0.2) is 14.8 Å². The van der Waals surface area contributed by atoms with Gasteiger partial charge < -0.3 is 20.1 Å². The van der Waals surface area contributed by atoms with Crippen LogP contribution in [0, 0.1) is 12.8 Å². The summed E-state index contributed by atoms with van der Waals surface area (Å²) in [6.07, 6.45) is 5.06. The summed E-state index contributed by atoms with van der Waals surface area (Å²) in [6.45, 7) is 3.89. The molecular weight excluding hydrogens is 436 g/mol. The normalized spacial score (nSPS) is 21.6. The maximum absolute atomic E-state index is 12.3. The van der Waals surface area contributed by atoms with Crippen LogP contribution in [0.4, 0.5) is 16.4 Å². The Kier molecular flexibility index (Phi) is 5.56. The number of halogens is 1. The van der Waals surface area contributed by atoms with Crippen molar-refractivity contribution in [3.8, 4) is 5.88 Å². The average molecular weight is 459 g/mol. The quantitative estimate of drug-likeness (QED) is 0.630. The van der Waals surface area contributed by atoms with Crippen molar-refractivity contribution in [2.75, 3.05) is 36.5 Å². The van der Waals surface area contributed by atoms with Crippen LogP contribution in [0.3, 0.4) is 0 Å². The third-order valence-electron chi connectivity index (χ3n) is 6.00. The van der Waals surface area contributed by atoms with Crippen LogP contribution in [0.1, 0.15) is 23.2 Å². The van der Waals surface area contributed by atoms with Gasteiger partial charge in [0.15, 0.2) is 18.2 Å². The molecule has 11 heteroatoms. The summed E-state index contributed by atoms with van der Waals surface area (Å²) in [7, 11) is 0. The summed E-state index contributed by atoms with van der Waals surface area (Å²) in [6, 6.07) is 0. The van der Waals surface area contributed by atoms with Gasteiger partial charge >= 0.3 is 6.09 Å². The Labute approximate surface area is 189 Å². The third-order valence-corrected chi connectivity index (χ3v) is 6.32. The molecule has 10 nitrogen and oxygen atoms in total. The molecule has 3 aliphatic rings. The number of nitrogens with one attached hydrogen (secondary N) is 2. The number of cyclic esters (lactones) is 1. The minimum absolute atomic E-state index is 0.0989. The maximum Gasteiger partial charge on any atom is 0.415 e. The number of nitrogens with zero attached hydrogens (tertiary/aromatic N) is 4. The number of carbonyl (C=O) groups is 2. The molecule has 2 amide bonds. The van der Waals surface area contributed by atoms with Crippen LogP contribution in [0.15, 0.2) is 12.4 Å². The zero-order valence-electron chi connectivity index (χ0n) is 17.6. The molecular formula is C21H23ClN6O4. The number of aromatic nitrogens is 3. The Bertz CT molecular complexity index is 1050. The lowest BCUT2D eigenvalue weighted by atomic mass is 10.1. The predicted molar refractivity (Wildman–Crippen MR) is 116 cm³/mol. The van der Waals surface area contributed by atoms with Crippen molar-refractivity contribution in [3.63, 3.8) is 0 Å². The minimum Gasteiger partial charge on any atom is -0.465 e. The SMILES string of the molecule is Cc1ncc(Cl)c2c1CC(CNCCC1CN(c3cnc4c(n3)NC(=O)CO4)C(=O)O1)C2. The monoisotopic (exact) mass is 458 g/mol. The average Bonchev–Trinajstić information content (AvgIpc) is 3.38. The van der Waals surface area contributed by atoms with Gasteiger partial charge in [-0.2, -0.15) is 0 Å². The third kappa shape index (κ3) is 4.07. The van der Waals surface area contributed by atoms with E-state index in [9.17, 15) is 9.59 Å². The zero-order chi connectivity index (χ0) is 22.2. The number of ether oxygens (including phenoxy) is 2. The molecule has 2 atom stereocenters. The van der Waals surface area contributed by atoms with E-state index in [1.807, 2.05) is 6.92 Å². The molecule has 1 aliphatic carbocycles. The Morgan fingerprint density at radius 1 is 1.25 bits per heavy atom. The van der Waals surface area contributed by atoms with E-state index in [2.05, 4.69) is 25.6 Å². The predicted octanol–water partition coefficient (Wildman–Crippen LogP) is 1.88. The van der Waals surface area contributed by atoms with Gasteiger partial charge in [0.05, 0.1) is 17.8 Å². The van der Waals surface area contributed by atoms with E-state index in [1.54, 1.807) is 6.20 Å². The molecule has 4 heterocycles. The van der Waals surface area contributed by atoms with E-state index in [-0.39, 0.29) is 30.3 Å². The molecule has 0 spiro atoms. The lowest BCUT2D eigenvalue weighted by Crippen LogP contribution is -2.30. The fraction of sp³-hybridized carbons (Fsp3) is 0.476. The van der Waals surface area contributed by atoms with Crippen molar-refractivity contribution in [2.45, 2.75) is 32.3 Å². The van der Waals surface area contributed by atoms with Crippen molar-refractivity contribution < 1.29 is 19.1 Å². The van der Waals surface area contributed by atoms with Crippen molar-refractivity contribution in [2.24, 2.45) is 5.92 Å². The van der Waals surface area contributed by atoms with E-state index >= 15 is 0 Å². The first-order valence-corrected chi connectivity index (χ1v) is 11.0. The number of aryl methyl sites for hydroxylation is 1. The van der Waals surface area contributed by atoms with Crippen LogP contribution in [0.2, 0.25) is 5.02 Å². The van der Waals surface area contributed by atoms with Gasteiger partial charge in [0, 0.05) is 11.9 Å². The maximum atomic E-state index is 12.3. The number of fused-ring (bicyclic) bond motifs is 2. The molecule has 2 N–H and O–H groups in total. The highest BCUT2D eigenvalue weighted by atomic mass is 35.5. The van der Waals surface area contributed by atoms with Crippen LogP contribution in [-0.4, -0.2) is 59.3 Å². The molecule has 1 saturated heterocycles. The molecule has 5 rings (SSSR count). The smallest absolute Gasteiger partial charge is 0.415 e. The van der Waals surface area contributed by atoms with Crippen LogP contribution in [0.25, 0.3) is 0 Å². The number of amides is 2. The van der Waals surface area contributed by atoms with Gasteiger partial charge in [-0.15, -0.1) is 0 Å². The van der Waals surface area contributed by atoms with Gasteiger partial charge in [-0.3, -0.25) is 14.7 Å². The van der Waals surface area contributed by atoms with Crippen molar-refractivity contribution in [1.29, 1.82) is 0 Å². The van der Waals surface area contributed by atoms with Crippen molar-refractivity contribution in [1.82, 2.24) is 20.3 Å². The molecule has 0 radical (unpaired) electrons. The Morgan fingerprint density at radius 2 is 2.09 bits per heavy atom. The number of hydrogen-bond acceptors (Lipinski definition) is 8.